The van der Waals surface area contributed by atoms with Crippen LogP contribution in [0.1, 0.15) is 24.4 Å². The Bertz CT molecular complexity index is 1340. The lowest BCUT2D eigenvalue weighted by Crippen LogP contribution is -2.34. The summed E-state index contributed by atoms with van der Waals surface area (Å²) in [5.41, 5.74) is 3.14. The van der Waals surface area contributed by atoms with Crippen LogP contribution in [-0.2, 0) is 4.79 Å². The third-order valence-electron chi connectivity index (χ3n) is 6.28. The molecule has 0 aliphatic carbocycles. The molecule has 34 heavy (non-hydrogen) atoms. The molecular weight excluding hydrogens is 450 g/mol. The molecule has 4 heterocycles. The lowest BCUT2D eigenvalue weighted by molar-refractivity contribution is -0.134. The van der Waals surface area contributed by atoms with Gasteiger partial charge in [-0.1, -0.05) is 36.4 Å². The number of fused-ring (bicyclic) bond motifs is 2. The van der Waals surface area contributed by atoms with E-state index in [1.54, 1.807) is 11.3 Å². The molecular formula is C26H23N3O4S. The summed E-state index contributed by atoms with van der Waals surface area (Å²) in [5, 5.41) is 2.90. The lowest BCUT2D eigenvalue weighted by atomic mass is 10.0. The van der Waals surface area contributed by atoms with Gasteiger partial charge >= 0.3 is 0 Å². The maximum atomic E-state index is 13.2. The highest BCUT2D eigenvalue weighted by molar-refractivity contribution is 7.17. The summed E-state index contributed by atoms with van der Waals surface area (Å²) in [7, 11) is 0. The molecule has 172 valence electrons. The summed E-state index contributed by atoms with van der Waals surface area (Å²) >= 11 is 1.54. The number of amides is 1. The molecule has 1 saturated heterocycles. The van der Waals surface area contributed by atoms with Gasteiger partial charge < -0.3 is 19.1 Å². The molecule has 2 aliphatic heterocycles. The first-order chi connectivity index (χ1) is 16.8. The zero-order valence-corrected chi connectivity index (χ0v) is 19.3. The van der Waals surface area contributed by atoms with Gasteiger partial charge in [0.25, 0.3) is 5.91 Å². The van der Waals surface area contributed by atoms with E-state index in [0.717, 1.165) is 51.2 Å². The van der Waals surface area contributed by atoms with Gasteiger partial charge in [-0.15, -0.1) is 11.3 Å². The van der Waals surface area contributed by atoms with E-state index in [4.69, 9.17) is 14.2 Å². The van der Waals surface area contributed by atoms with Crippen molar-refractivity contribution < 1.29 is 19.0 Å². The van der Waals surface area contributed by atoms with Crippen LogP contribution < -0.4 is 14.2 Å². The van der Waals surface area contributed by atoms with Gasteiger partial charge in [0, 0.05) is 17.5 Å². The van der Waals surface area contributed by atoms with Gasteiger partial charge in [-0.3, -0.25) is 4.79 Å². The first-order valence-electron chi connectivity index (χ1n) is 11.4. The molecule has 7 nitrogen and oxygen atoms in total. The zero-order valence-electron chi connectivity index (χ0n) is 18.5. The average Bonchev–Trinajstić information content (AvgIpc) is 3.55. The van der Waals surface area contributed by atoms with Crippen molar-refractivity contribution in [1.82, 2.24) is 14.9 Å². The molecule has 4 aromatic rings. The largest absolute Gasteiger partial charge is 0.486 e. The van der Waals surface area contributed by atoms with Crippen LogP contribution in [0, 0.1) is 0 Å². The fraction of sp³-hybridized carbons (Fsp3) is 0.269. The molecule has 2 aromatic carbocycles. The van der Waals surface area contributed by atoms with E-state index in [2.05, 4.69) is 15.3 Å². The number of carbonyl (C=O) groups excluding carboxylic acids is 1. The second-order valence-corrected chi connectivity index (χ2v) is 9.17. The number of hydrogen-bond donors (Lipinski definition) is 0. The number of likely N-dealkylation sites (tertiary alicyclic amines) is 1. The Hall–Kier alpha value is -3.65. The second kappa shape index (κ2) is 8.95. The molecule has 0 N–H and O–H groups in total. The van der Waals surface area contributed by atoms with Crippen molar-refractivity contribution in [2.45, 2.75) is 18.9 Å². The molecule has 0 radical (unpaired) electrons. The number of carbonyl (C=O) groups is 1. The van der Waals surface area contributed by atoms with Gasteiger partial charge in [-0.25, -0.2) is 9.97 Å². The summed E-state index contributed by atoms with van der Waals surface area (Å²) in [5.74, 6) is 1.88. The third kappa shape index (κ3) is 3.84. The number of hydrogen-bond acceptors (Lipinski definition) is 7. The molecule has 8 heteroatoms. The third-order valence-corrected chi connectivity index (χ3v) is 7.16. The predicted octanol–water partition coefficient (Wildman–Crippen LogP) is 4.87. The van der Waals surface area contributed by atoms with Gasteiger partial charge in [0.05, 0.1) is 11.4 Å². The van der Waals surface area contributed by atoms with Crippen LogP contribution in [0.3, 0.4) is 0 Å². The van der Waals surface area contributed by atoms with Gasteiger partial charge in [-0.05, 0) is 36.1 Å². The number of ether oxygens (including phenoxy) is 3. The number of nitrogens with zero attached hydrogens (tertiary/aromatic N) is 3. The number of thiophene rings is 1. The van der Waals surface area contributed by atoms with E-state index in [-0.39, 0.29) is 18.6 Å². The maximum Gasteiger partial charge on any atom is 0.261 e. The Morgan fingerprint density at radius 1 is 1.09 bits per heavy atom. The van der Waals surface area contributed by atoms with E-state index in [0.29, 0.717) is 25.6 Å². The molecule has 0 saturated carbocycles. The van der Waals surface area contributed by atoms with Crippen LogP contribution in [0.2, 0.25) is 0 Å². The van der Waals surface area contributed by atoms with Gasteiger partial charge in [0.15, 0.2) is 18.1 Å². The van der Waals surface area contributed by atoms with Crippen LogP contribution in [-0.4, -0.2) is 47.1 Å². The highest BCUT2D eigenvalue weighted by Crippen LogP contribution is 2.39. The van der Waals surface area contributed by atoms with Crippen molar-refractivity contribution in [2.75, 3.05) is 26.4 Å². The van der Waals surface area contributed by atoms with Crippen LogP contribution in [0.5, 0.6) is 17.4 Å². The van der Waals surface area contributed by atoms with Crippen molar-refractivity contribution in [3.8, 4) is 28.5 Å². The fourth-order valence-corrected chi connectivity index (χ4v) is 5.59. The Morgan fingerprint density at radius 2 is 1.94 bits per heavy atom. The highest BCUT2D eigenvalue weighted by atomic mass is 32.1. The molecule has 0 bridgehead atoms. The van der Waals surface area contributed by atoms with E-state index in [1.807, 2.05) is 53.4 Å². The predicted molar refractivity (Wildman–Crippen MR) is 129 cm³/mol. The standard InChI is InChI=1S/C26H23N3O4S/c30-23(29-10-4-7-20(29)18-8-9-21-22(13-18)32-12-11-31-21)14-33-25-24-19(17-5-2-1-3-6-17)15-34-26(24)28-16-27-25/h1-3,5-6,8-9,13,15-16,20H,4,7,10-12,14H2/t20-/m1/s1. The summed E-state index contributed by atoms with van der Waals surface area (Å²) in [6, 6.07) is 16.0. The normalized spacial score (nSPS) is 17.2. The Kier molecular flexibility index (Phi) is 5.50. The molecule has 0 spiro atoms. The Labute approximate surface area is 200 Å². The first-order valence-corrected chi connectivity index (χ1v) is 12.3. The smallest absolute Gasteiger partial charge is 0.261 e. The molecule has 1 fully saturated rings. The van der Waals surface area contributed by atoms with Crippen molar-refractivity contribution in [3.63, 3.8) is 0 Å². The maximum absolute atomic E-state index is 13.2. The van der Waals surface area contributed by atoms with Crippen LogP contribution in [0.15, 0.2) is 60.2 Å². The summed E-state index contributed by atoms with van der Waals surface area (Å²) in [4.78, 5) is 24.7. The molecule has 6 rings (SSSR count). The van der Waals surface area contributed by atoms with Crippen molar-refractivity contribution in [3.05, 3.63) is 65.8 Å². The van der Waals surface area contributed by atoms with Crippen LogP contribution in [0.4, 0.5) is 0 Å². The van der Waals surface area contributed by atoms with Crippen molar-refractivity contribution in [1.29, 1.82) is 0 Å². The van der Waals surface area contributed by atoms with Gasteiger partial charge in [0.2, 0.25) is 5.88 Å². The first kappa shape index (κ1) is 20.9. The molecule has 1 atom stereocenters. The van der Waals surface area contributed by atoms with Gasteiger partial charge in [-0.2, -0.15) is 0 Å². The highest BCUT2D eigenvalue weighted by Gasteiger charge is 2.31. The van der Waals surface area contributed by atoms with E-state index >= 15 is 0 Å². The monoisotopic (exact) mass is 473 g/mol. The number of benzene rings is 2. The topological polar surface area (TPSA) is 73.8 Å². The Morgan fingerprint density at radius 3 is 2.82 bits per heavy atom. The van der Waals surface area contributed by atoms with Crippen molar-refractivity contribution in [2.24, 2.45) is 0 Å². The zero-order chi connectivity index (χ0) is 22.9. The second-order valence-electron chi connectivity index (χ2n) is 8.31. The average molecular weight is 474 g/mol. The minimum Gasteiger partial charge on any atom is -0.486 e. The van der Waals surface area contributed by atoms with Gasteiger partial charge in [0.1, 0.15) is 24.4 Å². The lowest BCUT2D eigenvalue weighted by Gasteiger charge is -2.26. The van der Waals surface area contributed by atoms with Crippen LogP contribution >= 0.6 is 11.3 Å². The summed E-state index contributed by atoms with van der Waals surface area (Å²) in [6.45, 7) is 1.73. The summed E-state index contributed by atoms with van der Waals surface area (Å²) in [6.07, 6.45) is 3.35. The van der Waals surface area contributed by atoms with E-state index in [1.165, 1.54) is 6.33 Å². The quantitative estimate of drug-likeness (QED) is 0.412. The molecule has 2 aromatic heterocycles. The molecule has 0 unspecified atom stereocenters. The van der Waals surface area contributed by atoms with E-state index in [9.17, 15) is 4.79 Å². The number of rotatable bonds is 5. The minimum absolute atomic E-state index is 0.00151. The van der Waals surface area contributed by atoms with Crippen molar-refractivity contribution >= 4 is 27.5 Å². The fourth-order valence-electron chi connectivity index (χ4n) is 4.68. The SMILES string of the molecule is O=C(COc1ncnc2scc(-c3ccccc3)c12)N1CCC[C@@H]1c1ccc2c(c1)OCCO2. The van der Waals surface area contributed by atoms with Crippen LogP contribution in [0.25, 0.3) is 21.3 Å². The van der Waals surface area contributed by atoms with E-state index < -0.39 is 0 Å². The minimum atomic E-state index is -0.0722. The summed E-state index contributed by atoms with van der Waals surface area (Å²) < 4.78 is 17.4. The molecule has 2 aliphatic rings. The number of aromatic nitrogens is 2. The Balaban J connectivity index is 1.22. The molecule has 1 amide bonds.